The molecule has 0 aliphatic heterocycles. The number of alkyl carbamates (subject to hydrolysis) is 1. The first-order valence-corrected chi connectivity index (χ1v) is 7.77. The smallest absolute Gasteiger partial charge is 0.408 e. The average molecular weight is 314 g/mol. The van der Waals surface area contributed by atoms with Gasteiger partial charge in [0.1, 0.15) is 11.0 Å². The number of benzene rings is 1. The molecular formula is C18H22N2O3. The predicted octanol–water partition coefficient (Wildman–Crippen LogP) is 3.52. The number of ether oxygens (including phenoxy) is 1. The van der Waals surface area contributed by atoms with E-state index in [2.05, 4.69) is 11.4 Å². The summed E-state index contributed by atoms with van der Waals surface area (Å²) in [4.78, 5) is 24.6. The number of nitriles is 1. The van der Waals surface area contributed by atoms with Gasteiger partial charge in [0, 0.05) is 6.42 Å². The zero-order valence-electron chi connectivity index (χ0n) is 13.8. The Bertz CT molecular complexity index is 628. The van der Waals surface area contributed by atoms with Gasteiger partial charge in [-0.3, -0.25) is 4.79 Å². The molecule has 1 fully saturated rings. The van der Waals surface area contributed by atoms with Crippen molar-refractivity contribution in [1.82, 2.24) is 5.32 Å². The van der Waals surface area contributed by atoms with Crippen molar-refractivity contribution < 1.29 is 14.3 Å². The molecule has 1 aromatic rings. The van der Waals surface area contributed by atoms with Crippen LogP contribution in [0.25, 0.3) is 0 Å². The number of carbonyl (C=O) groups excluding carboxylic acids is 2. The van der Waals surface area contributed by atoms with Gasteiger partial charge in [0.05, 0.1) is 12.1 Å². The fourth-order valence-electron chi connectivity index (χ4n) is 2.94. The highest BCUT2D eigenvalue weighted by Crippen LogP contribution is 2.44. The molecule has 1 aliphatic rings. The number of carbonyl (C=O) groups is 2. The molecule has 0 saturated heterocycles. The Morgan fingerprint density at radius 2 is 2.00 bits per heavy atom. The molecule has 0 spiro atoms. The topological polar surface area (TPSA) is 79.2 Å². The molecule has 1 aliphatic carbocycles. The van der Waals surface area contributed by atoms with Gasteiger partial charge in [-0.2, -0.15) is 5.26 Å². The monoisotopic (exact) mass is 314 g/mol. The Labute approximate surface area is 136 Å². The lowest BCUT2D eigenvalue weighted by Gasteiger charge is -2.32. The zero-order valence-corrected chi connectivity index (χ0v) is 13.8. The van der Waals surface area contributed by atoms with E-state index < -0.39 is 23.2 Å². The first-order chi connectivity index (χ1) is 10.8. The molecule has 0 bridgehead atoms. The maximum atomic E-state index is 12.4. The largest absolute Gasteiger partial charge is 0.444 e. The van der Waals surface area contributed by atoms with E-state index in [1.807, 2.05) is 30.3 Å². The van der Waals surface area contributed by atoms with Crippen molar-refractivity contribution in [2.24, 2.45) is 5.41 Å². The van der Waals surface area contributed by atoms with Gasteiger partial charge in [-0.15, -0.1) is 0 Å². The number of nitrogens with zero attached hydrogens (tertiary/aromatic N) is 1. The van der Waals surface area contributed by atoms with Gasteiger partial charge in [0.15, 0.2) is 5.78 Å². The molecule has 1 unspecified atom stereocenters. The van der Waals surface area contributed by atoms with Crippen molar-refractivity contribution in [3.8, 4) is 6.07 Å². The summed E-state index contributed by atoms with van der Waals surface area (Å²) in [6, 6.07) is 10.6. The summed E-state index contributed by atoms with van der Waals surface area (Å²) in [5.41, 5.74) is -1.14. The Morgan fingerprint density at radius 1 is 1.35 bits per heavy atom. The molecule has 23 heavy (non-hydrogen) atoms. The molecule has 1 amide bonds. The third-order valence-corrected chi connectivity index (χ3v) is 3.96. The Hall–Kier alpha value is -2.35. The van der Waals surface area contributed by atoms with Crippen molar-refractivity contribution in [3.63, 3.8) is 0 Å². The Kier molecular flexibility index (Phi) is 4.74. The third kappa shape index (κ3) is 3.70. The number of nitrogens with one attached hydrogen (secondary N) is 1. The highest BCUT2D eigenvalue weighted by atomic mass is 16.6. The standard InChI is InChI=1S/C18H22N2O3/c1-17(2,3)23-16(22)20-15(13-8-5-4-6-9-13)18(12-19)11-7-10-14(18)21/h4-6,8-9,15H,7,10-11H2,1-3H3,(H,20,22)/t15-,18?/m0/s1. The number of hydrogen-bond acceptors (Lipinski definition) is 4. The quantitative estimate of drug-likeness (QED) is 0.925. The predicted molar refractivity (Wildman–Crippen MR) is 85.5 cm³/mol. The highest BCUT2D eigenvalue weighted by molar-refractivity contribution is 5.91. The normalized spacial score (nSPS) is 22.3. The van der Waals surface area contributed by atoms with Gasteiger partial charge in [0.25, 0.3) is 0 Å². The van der Waals surface area contributed by atoms with Crippen LogP contribution in [0.5, 0.6) is 0 Å². The molecule has 1 aromatic carbocycles. The molecule has 2 atom stereocenters. The summed E-state index contributed by atoms with van der Waals surface area (Å²) in [6.45, 7) is 5.31. The summed E-state index contributed by atoms with van der Waals surface area (Å²) < 4.78 is 5.30. The first-order valence-electron chi connectivity index (χ1n) is 7.77. The van der Waals surface area contributed by atoms with Crippen LogP contribution >= 0.6 is 0 Å². The van der Waals surface area contributed by atoms with Crippen LogP contribution in [0.3, 0.4) is 0 Å². The molecule has 0 aromatic heterocycles. The SMILES string of the molecule is CC(C)(C)OC(=O)N[C@@H](c1ccccc1)C1(C#N)CCCC1=O. The van der Waals surface area contributed by atoms with Crippen LogP contribution in [0.1, 0.15) is 51.6 Å². The second kappa shape index (κ2) is 6.41. The Balaban J connectivity index is 2.36. The van der Waals surface area contributed by atoms with Crippen LogP contribution in [-0.2, 0) is 9.53 Å². The third-order valence-electron chi connectivity index (χ3n) is 3.96. The molecule has 122 valence electrons. The lowest BCUT2D eigenvalue weighted by molar-refractivity contribution is -0.124. The van der Waals surface area contributed by atoms with E-state index in [1.54, 1.807) is 20.8 Å². The van der Waals surface area contributed by atoms with E-state index in [0.717, 1.165) is 5.56 Å². The van der Waals surface area contributed by atoms with Crippen LogP contribution in [0, 0.1) is 16.7 Å². The zero-order chi connectivity index (χ0) is 17.1. The van der Waals surface area contributed by atoms with Crippen LogP contribution < -0.4 is 5.32 Å². The van der Waals surface area contributed by atoms with Gasteiger partial charge in [-0.25, -0.2) is 4.79 Å². The number of rotatable bonds is 3. The van der Waals surface area contributed by atoms with Gasteiger partial charge in [-0.05, 0) is 39.2 Å². The van der Waals surface area contributed by atoms with Gasteiger partial charge in [0.2, 0.25) is 0 Å². The Morgan fingerprint density at radius 3 is 2.48 bits per heavy atom. The van der Waals surface area contributed by atoms with E-state index in [4.69, 9.17) is 4.74 Å². The molecule has 1 N–H and O–H groups in total. The van der Waals surface area contributed by atoms with Crippen LogP contribution in [0.15, 0.2) is 30.3 Å². The second-order valence-corrected chi connectivity index (χ2v) is 6.85. The molecular weight excluding hydrogens is 292 g/mol. The van der Waals surface area contributed by atoms with E-state index in [0.29, 0.717) is 19.3 Å². The fourth-order valence-corrected chi connectivity index (χ4v) is 2.94. The minimum atomic E-state index is -1.22. The molecule has 0 heterocycles. The van der Waals surface area contributed by atoms with Crippen LogP contribution in [-0.4, -0.2) is 17.5 Å². The van der Waals surface area contributed by atoms with E-state index in [-0.39, 0.29) is 5.78 Å². The van der Waals surface area contributed by atoms with Crippen molar-refractivity contribution in [1.29, 1.82) is 5.26 Å². The molecule has 2 rings (SSSR count). The highest BCUT2D eigenvalue weighted by Gasteiger charge is 2.50. The summed E-state index contributed by atoms with van der Waals surface area (Å²) in [5.74, 6) is -0.120. The second-order valence-electron chi connectivity index (χ2n) is 6.85. The molecule has 1 saturated carbocycles. The number of hydrogen-bond donors (Lipinski definition) is 1. The summed E-state index contributed by atoms with van der Waals surface area (Å²) in [6.07, 6.45) is 0.844. The lowest BCUT2D eigenvalue weighted by atomic mass is 9.76. The minimum Gasteiger partial charge on any atom is -0.444 e. The van der Waals surface area contributed by atoms with Gasteiger partial charge >= 0.3 is 6.09 Å². The van der Waals surface area contributed by atoms with E-state index >= 15 is 0 Å². The molecule has 5 heteroatoms. The van der Waals surface area contributed by atoms with Crippen LogP contribution in [0.2, 0.25) is 0 Å². The summed E-state index contributed by atoms with van der Waals surface area (Å²) >= 11 is 0. The first kappa shape index (κ1) is 17.0. The van der Waals surface area contributed by atoms with Crippen molar-refractivity contribution in [2.45, 2.75) is 51.7 Å². The maximum Gasteiger partial charge on any atom is 0.408 e. The molecule has 0 radical (unpaired) electrons. The van der Waals surface area contributed by atoms with E-state index in [1.165, 1.54) is 0 Å². The van der Waals surface area contributed by atoms with E-state index in [9.17, 15) is 14.9 Å². The summed E-state index contributed by atoms with van der Waals surface area (Å²) in [5, 5.41) is 12.5. The lowest BCUT2D eigenvalue weighted by Crippen LogP contribution is -2.44. The van der Waals surface area contributed by atoms with Crippen LogP contribution in [0.4, 0.5) is 4.79 Å². The summed E-state index contributed by atoms with van der Waals surface area (Å²) in [7, 11) is 0. The maximum absolute atomic E-state index is 12.4. The minimum absolute atomic E-state index is 0.120. The van der Waals surface area contributed by atoms with Gasteiger partial charge < -0.3 is 10.1 Å². The van der Waals surface area contributed by atoms with Crippen molar-refractivity contribution in [3.05, 3.63) is 35.9 Å². The number of ketones is 1. The fraction of sp³-hybridized carbons (Fsp3) is 0.500. The van der Waals surface area contributed by atoms with Crippen molar-refractivity contribution in [2.75, 3.05) is 0 Å². The number of amides is 1. The van der Waals surface area contributed by atoms with Gasteiger partial charge in [-0.1, -0.05) is 30.3 Å². The van der Waals surface area contributed by atoms with Crippen molar-refractivity contribution >= 4 is 11.9 Å². The molecule has 5 nitrogen and oxygen atoms in total. The average Bonchev–Trinajstić information content (AvgIpc) is 2.86. The number of Topliss-reactive ketones (excluding diaryl/α,β-unsaturated/α-hetero) is 1.